The fraction of sp³-hybridized carbons (Fsp3) is 1.00. The summed E-state index contributed by atoms with van der Waals surface area (Å²) < 4.78 is 5.19. The average Bonchev–Trinajstić information content (AvgIpc) is 2.39. The molecule has 0 bridgehead atoms. The summed E-state index contributed by atoms with van der Waals surface area (Å²) in [5.74, 6) is 5.55. The van der Waals surface area contributed by atoms with E-state index in [9.17, 15) is 0 Å². The van der Waals surface area contributed by atoms with Crippen LogP contribution in [0.1, 0.15) is 12.8 Å². The molecule has 5 unspecified atom stereocenters. The predicted octanol–water partition coefficient (Wildman–Crippen LogP) is 1.53. The Morgan fingerprint density at radius 1 is 1.30 bits per heavy atom. The Bertz CT molecular complexity index is 166. The van der Waals surface area contributed by atoms with Crippen molar-refractivity contribution in [3.63, 3.8) is 0 Å². The fourth-order valence-electron chi connectivity index (χ4n) is 3.57. The number of rotatable bonds is 2. The molecule has 10 heavy (non-hydrogen) atoms. The van der Waals surface area contributed by atoms with Gasteiger partial charge >= 0.3 is 0 Å². The van der Waals surface area contributed by atoms with Crippen molar-refractivity contribution in [2.75, 3.05) is 13.7 Å². The summed E-state index contributed by atoms with van der Waals surface area (Å²) in [6, 6.07) is 0. The molecule has 0 aliphatic heterocycles. The van der Waals surface area contributed by atoms with Gasteiger partial charge in [-0.1, -0.05) is 0 Å². The number of hydrogen-bond acceptors (Lipinski definition) is 1. The summed E-state index contributed by atoms with van der Waals surface area (Å²) in [7, 11) is 1.83. The van der Waals surface area contributed by atoms with Gasteiger partial charge in [-0.15, -0.1) is 0 Å². The first-order valence-electron chi connectivity index (χ1n) is 4.40. The van der Waals surface area contributed by atoms with Gasteiger partial charge in [0.05, 0.1) is 0 Å². The van der Waals surface area contributed by atoms with Crippen LogP contribution >= 0.6 is 0 Å². The molecule has 0 radical (unpaired) electrons. The van der Waals surface area contributed by atoms with Crippen LogP contribution in [0.15, 0.2) is 0 Å². The molecule has 0 aromatic carbocycles. The molecule has 3 fully saturated rings. The Kier molecular flexibility index (Phi) is 0.883. The van der Waals surface area contributed by atoms with Gasteiger partial charge in [0.1, 0.15) is 0 Å². The number of fused-ring (bicyclic) bond motifs is 1. The molecule has 0 aromatic heterocycles. The van der Waals surface area contributed by atoms with E-state index in [0.717, 1.165) is 24.4 Å². The van der Waals surface area contributed by atoms with E-state index >= 15 is 0 Å². The second-order valence-electron chi connectivity index (χ2n) is 4.27. The first-order valence-corrected chi connectivity index (χ1v) is 4.40. The van der Waals surface area contributed by atoms with E-state index < -0.39 is 0 Å². The highest BCUT2D eigenvalue weighted by Crippen LogP contribution is 2.74. The maximum absolute atomic E-state index is 5.19. The second kappa shape index (κ2) is 1.58. The van der Waals surface area contributed by atoms with Gasteiger partial charge in [0.25, 0.3) is 0 Å². The van der Waals surface area contributed by atoms with Crippen molar-refractivity contribution in [3.8, 4) is 0 Å². The lowest BCUT2D eigenvalue weighted by Gasteiger charge is -2.27. The van der Waals surface area contributed by atoms with Crippen molar-refractivity contribution in [1.29, 1.82) is 0 Å². The molecule has 0 aromatic rings. The van der Waals surface area contributed by atoms with Crippen molar-refractivity contribution in [1.82, 2.24) is 0 Å². The molecule has 3 aliphatic carbocycles. The van der Waals surface area contributed by atoms with Crippen LogP contribution in [0.3, 0.4) is 0 Å². The monoisotopic (exact) mass is 138 g/mol. The highest BCUT2D eigenvalue weighted by atomic mass is 16.5. The largest absolute Gasteiger partial charge is 0.384 e. The molecule has 5 atom stereocenters. The smallest absolute Gasteiger partial charge is 0.0493 e. The minimum atomic E-state index is 0.957. The van der Waals surface area contributed by atoms with E-state index in [1.165, 1.54) is 18.3 Å². The van der Waals surface area contributed by atoms with Crippen molar-refractivity contribution in [3.05, 3.63) is 0 Å². The Morgan fingerprint density at radius 2 is 2.20 bits per heavy atom. The van der Waals surface area contributed by atoms with E-state index in [0.29, 0.717) is 0 Å². The molecule has 3 saturated carbocycles. The lowest BCUT2D eigenvalue weighted by molar-refractivity contribution is 0.117. The van der Waals surface area contributed by atoms with Gasteiger partial charge in [-0.25, -0.2) is 0 Å². The third-order valence-electron chi connectivity index (χ3n) is 3.94. The highest BCUT2D eigenvalue weighted by Gasteiger charge is 2.69. The molecule has 0 saturated heterocycles. The molecule has 1 heteroatoms. The minimum absolute atomic E-state index is 0.957. The maximum atomic E-state index is 5.19. The van der Waals surface area contributed by atoms with E-state index in [1.807, 2.05) is 7.11 Å². The lowest BCUT2D eigenvalue weighted by Crippen LogP contribution is -2.21. The molecule has 3 aliphatic rings. The van der Waals surface area contributed by atoms with Crippen LogP contribution in [-0.2, 0) is 4.74 Å². The van der Waals surface area contributed by atoms with Crippen LogP contribution < -0.4 is 0 Å². The van der Waals surface area contributed by atoms with Gasteiger partial charge in [0, 0.05) is 13.7 Å². The summed E-state index contributed by atoms with van der Waals surface area (Å²) in [5, 5.41) is 0. The highest BCUT2D eigenvalue weighted by molar-refractivity contribution is 5.17. The van der Waals surface area contributed by atoms with Gasteiger partial charge in [-0.2, -0.15) is 0 Å². The average molecular weight is 138 g/mol. The normalized spacial score (nSPS) is 61.5. The van der Waals surface area contributed by atoms with Gasteiger partial charge in [0.2, 0.25) is 0 Å². The summed E-state index contributed by atoms with van der Waals surface area (Å²) in [6.45, 7) is 1.04. The van der Waals surface area contributed by atoms with Crippen LogP contribution in [0.5, 0.6) is 0 Å². The SMILES string of the molecule is COCC1CC2CC3C1C23. The molecular formula is C9H14O. The second-order valence-corrected chi connectivity index (χ2v) is 4.27. The van der Waals surface area contributed by atoms with Gasteiger partial charge in [-0.3, -0.25) is 0 Å². The van der Waals surface area contributed by atoms with Gasteiger partial charge in [-0.05, 0) is 42.4 Å². The summed E-state index contributed by atoms with van der Waals surface area (Å²) in [4.78, 5) is 0. The minimum Gasteiger partial charge on any atom is -0.384 e. The van der Waals surface area contributed by atoms with Crippen molar-refractivity contribution in [2.45, 2.75) is 12.8 Å². The topological polar surface area (TPSA) is 9.23 Å². The van der Waals surface area contributed by atoms with Gasteiger partial charge < -0.3 is 4.74 Å². The Morgan fingerprint density at radius 3 is 2.70 bits per heavy atom. The zero-order valence-electron chi connectivity index (χ0n) is 6.42. The van der Waals surface area contributed by atoms with Crippen LogP contribution in [0.4, 0.5) is 0 Å². The van der Waals surface area contributed by atoms with Crippen molar-refractivity contribution in [2.24, 2.45) is 29.6 Å². The van der Waals surface area contributed by atoms with Gasteiger partial charge in [0.15, 0.2) is 0 Å². The van der Waals surface area contributed by atoms with Crippen molar-refractivity contribution >= 4 is 0 Å². The predicted molar refractivity (Wildman–Crippen MR) is 38.6 cm³/mol. The molecule has 0 heterocycles. The van der Waals surface area contributed by atoms with E-state index in [1.54, 1.807) is 6.42 Å². The first-order chi connectivity index (χ1) is 4.92. The van der Waals surface area contributed by atoms with E-state index in [2.05, 4.69) is 0 Å². The number of hydrogen-bond donors (Lipinski definition) is 0. The van der Waals surface area contributed by atoms with Crippen LogP contribution in [0.25, 0.3) is 0 Å². The summed E-state index contributed by atoms with van der Waals surface area (Å²) in [5.41, 5.74) is 0. The molecule has 0 spiro atoms. The molecule has 1 nitrogen and oxygen atoms in total. The molecule has 56 valence electrons. The third kappa shape index (κ3) is 0.460. The van der Waals surface area contributed by atoms with Crippen LogP contribution in [0, 0.1) is 29.6 Å². The molecule has 3 rings (SSSR count). The lowest BCUT2D eigenvalue weighted by atomic mass is 9.79. The quantitative estimate of drug-likeness (QED) is 0.562. The molecular weight excluding hydrogens is 124 g/mol. The zero-order valence-corrected chi connectivity index (χ0v) is 6.42. The summed E-state index contributed by atoms with van der Waals surface area (Å²) >= 11 is 0. The van der Waals surface area contributed by atoms with Crippen LogP contribution in [-0.4, -0.2) is 13.7 Å². The molecule has 0 N–H and O–H groups in total. The van der Waals surface area contributed by atoms with E-state index in [-0.39, 0.29) is 0 Å². The maximum Gasteiger partial charge on any atom is 0.0493 e. The number of ether oxygens (including phenoxy) is 1. The Balaban J connectivity index is 1.70. The zero-order chi connectivity index (χ0) is 6.72. The number of methoxy groups -OCH3 is 1. The van der Waals surface area contributed by atoms with E-state index in [4.69, 9.17) is 4.74 Å². The summed E-state index contributed by atoms with van der Waals surface area (Å²) in [6.07, 6.45) is 3.05. The van der Waals surface area contributed by atoms with Crippen LogP contribution in [0.2, 0.25) is 0 Å². The fourth-order valence-corrected chi connectivity index (χ4v) is 3.57. The molecule has 0 amide bonds. The third-order valence-corrected chi connectivity index (χ3v) is 3.94. The Labute approximate surface area is 61.8 Å². The standard InChI is InChI=1S/C9H14O/c1-10-4-6-2-5-3-7-8(5)9(6)7/h5-9H,2-4H2,1H3. The Hall–Kier alpha value is -0.0400. The van der Waals surface area contributed by atoms with Crippen molar-refractivity contribution < 1.29 is 4.74 Å². The first kappa shape index (κ1) is 5.59.